The average molecular weight is 194 g/mol. The maximum absolute atomic E-state index is 11.0. The second-order valence-corrected chi connectivity index (χ2v) is 3.79. The lowest BCUT2D eigenvalue weighted by atomic mass is 10.2. The van der Waals surface area contributed by atoms with E-state index in [1.807, 2.05) is 4.57 Å². The molecule has 0 aromatic carbocycles. The van der Waals surface area contributed by atoms with Gasteiger partial charge in [0.2, 0.25) is 0 Å². The highest BCUT2D eigenvalue weighted by molar-refractivity contribution is 5.30. The van der Waals surface area contributed by atoms with Gasteiger partial charge in [0.05, 0.1) is 6.33 Å². The number of hydrogen-bond acceptors (Lipinski definition) is 4. The largest absolute Gasteiger partial charge is 0.393 e. The summed E-state index contributed by atoms with van der Waals surface area (Å²) in [6, 6.07) is 0.399. The predicted octanol–water partition coefficient (Wildman–Crippen LogP) is -0.298. The SMILES string of the molecule is CN1CCC(n2cnc(=O)c(N)c2)C1. The fraction of sp³-hybridized carbons (Fsp3) is 0.556. The maximum Gasteiger partial charge on any atom is 0.295 e. The molecule has 1 fully saturated rings. The highest BCUT2D eigenvalue weighted by Gasteiger charge is 2.20. The van der Waals surface area contributed by atoms with E-state index in [1.165, 1.54) is 0 Å². The molecule has 14 heavy (non-hydrogen) atoms. The van der Waals surface area contributed by atoms with E-state index < -0.39 is 0 Å². The number of likely N-dealkylation sites (tertiary alicyclic amines) is 1. The fourth-order valence-corrected chi connectivity index (χ4v) is 1.80. The van der Waals surface area contributed by atoms with Gasteiger partial charge in [0.15, 0.2) is 0 Å². The third kappa shape index (κ3) is 1.63. The van der Waals surface area contributed by atoms with E-state index in [0.717, 1.165) is 19.5 Å². The summed E-state index contributed by atoms with van der Waals surface area (Å²) in [7, 11) is 2.08. The molecule has 1 aromatic rings. The molecule has 5 heteroatoms. The van der Waals surface area contributed by atoms with Crippen LogP contribution in [0.4, 0.5) is 5.69 Å². The molecule has 0 radical (unpaired) electrons. The predicted molar refractivity (Wildman–Crippen MR) is 54.1 cm³/mol. The first kappa shape index (κ1) is 9.21. The van der Waals surface area contributed by atoms with Crippen LogP contribution in [0, 0.1) is 0 Å². The minimum atomic E-state index is -0.340. The summed E-state index contributed by atoms with van der Waals surface area (Å²) in [5, 5.41) is 0. The molecule has 76 valence electrons. The van der Waals surface area contributed by atoms with Crippen LogP contribution in [0.2, 0.25) is 0 Å². The lowest BCUT2D eigenvalue weighted by Gasteiger charge is -2.14. The number of nitrogens with zero attached hydrogens (tertiary/aromatic N) is 3. The Bertz CT molecular complexity index is 387. The van der Waals surface area contributed by atoms with Crippen molar-refractivity contribution < 1.29 is 0 Å². The molecule has 0 bridgehead atoms. The lowest BCUT2D eigenvalue weighted by molar-refractivity contribution is 0.391. The van der Waals surface area contributed by atoms with Crippen LogP contribution in [0.25, 0.3) is 0 Å². The molecule has 2 heterocycles. The number of nitrogens with two attached hydrogens (primary N) is 1. The number of anilines is 1. The molecule has 2 rings (SSSR count). The Kier molecular flexibility index (Phi) is 2.25. The van der Waals surface area contributed by atoms with Crippen molar-refractivity contribution in [2.24, 2.45) is 0 Å². The van der Waals surface area contributed by atoms with Gasteiger partial charge in [-0.3, -0.25) is 4.79 Å². The van der Waals surface area contributed by atoms with Crippen molar-refractivity contribution >= 4 is 5.69 Å². The zero-order valence-corrected chi connectivity index (χ0v) is 8.18. The Labute approximate surface area is 82.2 Å². The van der Waals surface area contributed by atoms with E-state index in [1.54, 1.807) is 12.5 Å². The molecular formula is C9H14N4O. The summed E-state index contributed by atoms with van der Waals surface area (Å²) in [6.07, 6.45) is 4.34. The minimum Gasteiger partial charge on any atom is -0.393 e. The smallest absolute Gasteiger partial charge is 0.295 e. The number of hydrogen-bond donors (Lipinski definition) is 1. The van der Waals surface area contributed by atoms with Gasteiger partial charge in [0, 0.05) is 18.8 Å². The fourth-order valence-electron chi connectivity index (χ4n) is 1.80. The molecule has 0 saturated carbocycles. The summed E-state index contributed by atoms with van der Waals surface area (Å²) >= 11 is 0. The molecule has 1 aliphatic rings. The molecule has 1 aliphatic heterocycles. The third-order valence-corrected chi connectivity index (χ3v) is 2.63. The third-order valence-electron chi connectivity index (χ3n) is 2.63. The molecule has 0 aliphatic carbocycles. The molecule has 5 nitrogen and oxygen atoms in total. The van der Waals surface area contributed by atoms with Crippen molar-refractivity contribution in [3.05, 3.63) is 22.9 Å². The van der Waals surface area contributed by atoms with Crippen LogP contribution < -0.4 is 11.3 Å². The Balaban J connectivity index is 2.25. The van der Waals surface area contributed by atoms with E-state index in [4.69, 9.17) is 5.73 Å². The van der Waals surface area contributed by atoms with Crippen LogP contribution in [0.15, 0.2) is 17.3 Å². The van der Waals surface area contributed by atoms with E-state index in [9.17, 15) is 4.79 Å². The van der Waals surface area contributed by atoms with Crippen molar-refractivity contribution in [2.75, 3.05) is 25.9 Å². The highest BCUT2D eigenvalue weighted by atomic mass is 16.1. The van der Waals surface area contributed by atoms with Crippen molar-refractivity contribution in [2.45, 2.75) is 12.5 Å². The standard InChI is InChI=1S/C9H14N4O/c1-12-3-2-7(4-12)13-5-8(10)9(14)11-6-13/h5-7H,2-4,10H2,1H3. The van der Waals surface area contributed by atoms with Gasteiger partial charge in [0.25, 0.3) is 5.56 Å². The summed E-state index contributed by atoms with van der Waals surface area (Å²) in [4.78, 5) is 17.0. The van der Waals surface area contributed by atoms with Crippen molar-refractivity contribution in [1.29, 1.82) is 0 Å². The molecule has 1 saturated heterocycles. The minimum absolute atomic E-state index is 0.224. The van der Waals surface area contributed by atoms with Gasteiger partial charge in [0.1, 0.15) is 5.69 Å². The first-order valence-electron chi connectivity index (χ1n) is 4.68. The highest BCUT2D eigenvalue weighted by Crippen LogP contribution is 2.19. The molecule has 2 N–H and O–H groups in total. The van der Waals surface area contributed by atoms with Crippen LogP contribution in [0.3, 0.4) is 0 Å². The van der Waals surface area contributed by atoms with Crippen LogP contribution in [-0.4, -0.2) is 34.6 Å². The van der Waals surface area contributed by atoms with Crippen LogP contribution >= 0.6 is 0 Å². The molecule has 1 atom stereocenters. The molecule has 1 aromatic heterocycles. The van der Waals surface area contributed by atoms with Crippen molar-refractivity contribution in [3.63, 3.8) is 0 Å². The Morgan fingerprint density at radius 3 is 3.00 bits per heavy atom. The maximum atomic E-state index is 11.0. The van der Waals surface area contributed by atoms with Crippen molar-refractivity contribution in [3.8, 4) is 0 Å². The Hall–Kier alpha value is -1.36. The van der Waals surface area contributed by atoms with Crippen LogP contribution in [0.5, 0.6) is 0 Å². The number of aromatic nitrogens is 2. The number of rotatable bonds is 1. The summed E-state index contributed by atoms with van der Waals surface area (Å²) < 4.78 is 1.93. The van der Waals surface area contributed by atoms with Gasteiger partial charge in [-0.2, -0.15) is 4.98 Å². The van der Waals surface area contributed by atoms with Gasteiger partial charge in [-0.1, -0.05) is 0 Å². The van der Waals surface area contributed by atoms with Gasteiger partial charge in [-0.25, -0.2) is 0 Å². The summed E-state index contributed by atoms with van der Waals surface area (Å²) in [6.45, 7) is 2.07. The summed E-state index contributed by atoms with van der Waals surface area (Å²) in [5.74, 6) is 0. The Morgan fingerprint density at radius 1 is 1.64 bits per heavy atom. The second-order valence-electron chi connectivity index (χ2n) is 3.79. The molecular weight excluding hydrogens is 180 g/mol. The first-order valence-corrected chi connectivity index (χ1v) is 4.68. The second kappa shape index (κ2) is 3.42. The van der Waals surface area contributed by atoms with Crippen LogP contribution in [0.1, 0.15) is 12.5 Å². The van der Waals surface area contributed by atoms with E-state index in [0.29, 0.717) is 6.04 Å². The Morgan fingerprint density at radius 2 is 2.43 bits per heavy atom. The van der Waals surface area contributed by atoms with Gasteiger partial charge in [-0.05, 0) is 20.0 Å². The monoisotopic (exact) mass is 194 g/mol. The molecule has 1 unspecified atom stereocenters. The van der Waals surface area contributed by atoms with Gasteiger partial charge >= 0.3 is 0 Å². The lowest BCUT2D eigenvalue weighted by Crippen LogP contribution is -2.20. The molecule has 0 amide bonds. The summed E-state index contributed by atoms with van der Waals surface area (Å²) in [5.41, 5.74) is 5.40. The first-order chi connectivity index (χ1) is 6.66. The zero-order chi connectivity index (χ0) is 10.1. The molecule has 0 spiro atoms. The van der Waals surface area contributed by atoms with Crippen LogP contribution in [-0.2, 0) is 0 Å². The normalized spacial score (nSPS) is 22.8. The van der Waals surface area contributed by atoms with Gasteiger partial charge in [-0.15, -0.1) is 0 Å². The zero-order valence-electron chi connectivity index (χ0n) is 8.18. The number of likely N-dealkylation sites (N-methyl/N-ethyl adjacent to an activating group) is 1. The average Bonchev–Trinajstić information content (AvgIpc) is 2.57. The van der Waals surface area contributed by atoms with E-state index in [-0.39, 0.29) is 11.2 Å². The quantitative estimate of drug-likeness (QED) is 0.666. The van der Waals surface area contributed by atoms with Gasteiger partial charge < -0.3 is 15.2 Å². The van der Waals surface area contributed by atoms with Crippen molar-refractivity contribution in [1.82, 2.24) is 14.5 Å². The number of nitrogen functional groups attached to an aromatic ring is 1. The van der Waals surface area contributed by atoms with E-state index in [2.05, 4.69) is 16.9 Å². The van der Waals surface area contributed by atoms with E-state index >= 15 is 0 Å². The topological polar surface area (TPSA) is 64.2 Å².